The summed E-state index contributed by atoms with van der Waals surface area (Å²) in [5.41, 5.74) is -2.07. The van der Waals surface area contributed by atoms with Gasteiger partial charge in [0.2, 0.25) is 0 Å². The van der Waals surface area contributed by atoms with Gasteiger partial charge in [0, 0.05) is 6.20 Å². The Morgan fingerprint density at radius 1 is 1.00 bits per heavy atom. The first-order valence-corrected chi connectivity index (χ1v) is 7.86. The third-order valence-corrected chi connectivity index (χ3v) is 3.93. The molecule has 2 aromatic carbocycles. The smallest absolute Gasteiger partial charge is 0.416 e. The lowest BCUT2D eigenvalue weighted by Crippen LogP contribution is -2.07. The Bertz CT molecular complexity index is 998. The first kappa shape index (κ1) is 21.1. The number of rotatable bonds is 4. The first-order valence-electron chi connectivity index (χ1n) is 7.07. The van der Waals surface area contributed by atoms with Gasteiger partial charge < -0.3 is 10.1 Å². The van der Waals surface area contributed by atoms with Crippen LogP contribution in [-0.2, 0) is 6.18 Å². The molecule has 0 saturated carbocycles. The number of alkyl halides is 3. The number of nitrogens with zero attached hydrogens (tertiary/aromatic N) is 2. The zero-order valence-corrected chi connectivity index (χ0v) is 14.9. The molecule has 28 heavy (non-hydrogen) atoms. The van der Waals surface area contributed by atoms with E-state index < -0.39 is 45.2 Å². The fourth-order valence-corrected chi connectivity index (χ4v) is 2.33. The average molecular weight is 462 g/mol. The highest BCUT2D eigenvalue weighted by Gasteiger charge is 2.33. The summed E-state index contributed by atoms with van der Waals surface area (Å²) in [5, 5.41) is 19.8. The summed E-state index contributed by atoms with van der Waals surface area (Å²) in [5.74, 6) is -5.96. The van der Waals surface area contributed by atoms with Gasteiger partial charge in [-0.3, -0.25) is 0 Å². The second-order valence-electron chi connectivity index (χ2n) is 5.03. The number of hydrogen-bond acceptors (Lipinski definition) is 4. The van der Waals surface area contributed by atoms with Crippen molar-refractivity contribution >= 4 is 21.6 Å². The van der Waals surface area contributed by atoms with Gasteiger partial charge in [0.1, 0.15) is 23.5 Å². The Hall–Kier alpha value is -3.18. The minimum atomic E-state index is -4.98. The fraction of sp³-hybridized carbons (Fsp3) is 0.0588. The summed E-state index contributed by atoms with van der Waals surface area (Å²) >= 11 is 2.81. The van der Waals surface area contributed by atoms with Crippen LogP contribution < -0.4 is 10.1 Å². The molecule has 11 heteroatoms. The van der Waals surface area contributed by atoms with Crippen molar-refractivity contribution in [2.24, 2.45) is 0 Å². The van der Waals surface area contributed by atoms with Gasteiger partial charge in [-0.2, -0.15) is 23.7 Å². The van der Waals surface area contributed by atoms with Gasteiger partial charge in [-0.1, -0.05) is 0 Å². The van der Waals surface area contributed by atoms with E-state index in [1.54, 1.807) is 12.1 Å². The summed E-state index contributed by atoms with van der Waals surface area (Å²) in [6, 6.07) is 5.14. The number of nitriles is 2. The Balaban J connectivity index is 2.52. The van der Waals surface area contributed by atoms with Crippen LogP contribution in [0.25, 0.3) is 0 Å². The molecule has 0 unspecified atom stereocenters. The quantitative estimate of drug-likeness (QED) is 0.446. The predicted octanol–water partition coefficient (Wildman–Crippen LogP) is 6.02. The van der Waals surface area contributed by atoms with Gasteiger partial charge in [-0.15, -0.1) is 0 Å². The maximum Gasteiger partial charge on any atom is 0.416 e. The lowest BCUT2D eigenvalue weighted by Gasteiger charge is -2.15. The molecule has 0 spiro atoms. The zero-order valence-electron chi connectivity index (χ0n) is 13.3. The number of allylic oxidation sites excluding steroid dienone is 1. The van der Waals surface area contributed by atoms with Crippen LogP contribution >= 0.6 is 15.9 Å². The Kier molecular flexibility index (Phi) is 6.21. The van der Waals surface area contributed by atoms with E-state index in [2.05, 4.69) is 21.2 Å². The SMILES string of the molecule is N#CC(C#N)=CNc1ccc(F)c(Br)c1Oc1c(F)cc(C(F)(F)F)cc1F. The number of hydrogen-bond donors (Lipinski definition) is 1. The molecule has 1 N–H and O–H groups in total. The van der Waals surface area contributed by atoms with Gasteiger partial charge in [0.05, 0.1) is 15.7 Å². The van der Waals surface area contributed by atoms with E-state index in [0.717, 1.165) is 18.3 Å². The number of benzene rings is 2. The van der Waals surface area contributed by atoms with Crippen molar-refractivity contribution in [1.29, 1.82) is 10.5 Å². The molecule has 0 aliphatic rings. The lowest BCUT2D eigenvalue weighted by atomic mass is 10.2. The average Bonchev–Trinajstić information content (AvgIpc) is 2.62. The summed E-state index contributed by atoms with van der Waals surface area (Å²) in [4.78, 5) is 0. The lowest BCUT2D eigenvalue weighted by molar-refractivity contribution is -0.138. The standard InChI is InChI=1S/C17H6BrF6N3O/c18-14-10(19)1-2-13(27-7-8(5-25)6-26)16(14)28-15-11(20)3-9(4-12(15)21)17(22,23)24/h1-4,7,27H. The van der Waals surface area contributed by atoms with Crippen LogP contribution in [0.4, 0.5) is 32.0 Å². The molecule has 0 amide bonds. The zero-order chi connectivity index (χ0) is 21.1. The van der Waals surface area contributed by atoms with Crippen LogP contribution in [0.2, 0.25) is 0 Å². The summed E-state index contributed by atoms with van der Waals surface area (Å²) in [6.45, 7) is 0. The van der Waals surface area contributed by atoms with Gasteiger partial charge >= 0.3 is 6.18 Å². The van der Waals surface area contributed by atoms with E-state index in [1.807, 2.05) is 0 Å². The summed E-state index contributed by atoms with van der Waals surface area (Å²) in [6.07, 6.45) is -4.06. The van der Waals surface area contributed by atoms with Crippen LogP contribution in [0, 0.1) is 40.1 Å². The molecule has 4 nitrogen and oxygen atoms in total. The van der Waals surface area contributed by atoms with E-state index >= 15 is 0 Å². The van der Waals surface area contributed by atoms with E-state index in [9.17, 15) is 26.3 Å². The molecule has 144 valence electrons. The van der Waals surface area contributed by atoms with Crippen molar-refractivity contribution in [2.45, 2.75) is 6.18 Å². The summed E-state index contributed by atoms with van der Waals surface area (Å²) in [7, 11) is 0. The highest BCUT2D eigenvalue weighted by atomic mass is 79.9. The maximum absolute atomic E-state index is 14.0. The molecular weight excluding hydrogens is 456 g/mol. The molecule has 0 aliphatic heterocycles. The molecule has 0 bridgehead atoms. The van der Waals surface area contributed by atoms with Crippen molar-refractivity contribution in [2.75, 3.05) is 5.32 Å². The van der Waals surface area contributed by atoms with Crippen LogP contribution in [0.5, 0.6) is 11.5 Å². The molecule has 0 fully saturated rings. The number of anilines is 1. The molecule has 2 aromatic rings. The Labute approximate surface area is 162 Å². The van der Waals surface area contributed by atoms with Crippen molar-refractivity contribution < 1.29 is 31.1 Å². The maximum atomic E-state index is 14.0. The largest absolute Gasteiger partial charge is 0.448 e. The van der Waals surface area contributed by atoms with E-state index in [1.165, 1.54) is 0 Å². The molecule has 0 heterocycles. The number of halogens is 7. The third-order valence-electron chi connectivity index (χ3n) is 3.19. The van der Waals surface area contributed by atoms with E-state index in [0.29, 0.717) is 0 Å². The topological polar surface area (TPSA) is 68.8 Å². The van der Waals surface area contributed by atoms with Crippen LogP contribution in [0.1, 0.15) is 5.56 Å². The molecule has 0 radical (unpaired) electrons. The second-order valence-corrected chi connectivity index (χ2v) is 5.83. The van der Waals surface area contributed by atoms with Crippen molar-refractivity contribution in [1.82, 2.24) is 0 Å². The van der Waals surface area contributed by atoms with Crippen molar-refractivity contribution in [3.8, 4) is 23.6 Å². The van der Waals surface area contributed by atoms with Crippen LogP contribution in [0.15, 0.2) is 40.5 Å². The second kappa shape index (κ2) is 8.23. The third kappa shape index (κ3) is 4.56. The van der Waals surface area contributed by atoms with Gasteiger partial charge in [-0.05, 0) is 40.2 Å². The number of nitrogens with one attached hydrogen (secondary N) is 1. The number of ether oxygens (including phenoxy) is 1. The van der Waals surface area contributed by atoms with Gasteiger partial charge in [0.25, 0.3) is 0 Å². The van der Waals surface area contributed by atoms with E-state index in [-0.39, 0.29) is 23.4 Å². The minimum absolute atomic E-state index is 0.0298. The molecular formula is C17H6BrF6N3O. The molecule has 0 aromatic heterocycles. The van der Waals surface area contributed by atoms with Gasteiger partial charge in [-0.25, -0.2) is 13.2 Å². The minimum Gasteiger partial charge on any atom is -0.448 e. The molecule has 0 saturated heterocycles. The highest BCUT2D eigenvalue weighted by molar-refractivity contribution is 9.10. The van der Waals surface area contributed by atoms with Crippen LogP contribution in [-0.4, -0.2) is 0 Å². The van der Waals surface area contributed by atoms with Gasteiger partial charge in [0.15, 0.2) is 23.1 Å². The highest BCUT2D eigenvalue weighted by Crippen LogP contribution is 2.41. The van der Waals surface area contributed by atoms with E-state index in [4.69, 9.17) is 15.3 Å². The molecule has 0 atom stereocenters. The first-order chi connectivity index (χ1) is 13.1. The Morgan fingerprint density at radius 2 is 1.57 bits per heavy atom. The normalized spacial score (nSPS) is 10.6. The Morgan fingerprint density at radius 3 is 2.07 bits per heavy atom. The molecule has 0 aliphatic carbocycles. The molecule has 2 rings (SSSR count). The van der Waals surface area contributed by atoms with Crippen molar-refractivity contribution in [3.63, 3.8) is 0 Å². The monoisotopic (exact) mass is 461 g/mol. The predicted molar refractivity (Wildman–Crippen MR) is 88.5 cm³/mol. The van der Waals surface area contributed by atoms with Crippen molar-refractivity contribution in [3.05, 3.63) is 63.5 Å². The fourth-order valence-electron chi connectivity index (χ4n) is 1.91. The summed E-state index contributed by atoms with van der Waals surface area (Å²) < 4.78 is 84.3. The van der Waals surface area contributed by atoms with Crippen LogP contribution in [0.3, 0.4) is 0 Å².